The molecule has 8 nitrogen and oxygen atoms in total. The van der Waals surface area contributed by atoms with Crippen LogP contribution in [0.2, 0.25) is 0 Å². The lowest BCUT2D eigenvalue weighted by Crippen LogP contribution is -2.09. The molecule has 0 aromatic carbocycles. The van der Waals surface area contributed by atoms with Crippen molar-refractivity contribution in [2.75, 3.05) is 5.43 Å². The summed E-state index contributed by atoms with van der Waals surface area (Å²) in [6.07, 6.45) is 3.15. The van der Waals surface area contributed by atoms with E-state index in [1.54, 1.807) is 24.5 Å². The highest BCUT2D eigenvalue weighted by molar-refractivity contribution is 5.36. The summed E-state index contributed by atoms with van der Waals surface area (Å²) in [6, 6.07) is 4.88. The Bertz CT molecular complexity index is 538. The van der Waals surface area contributed by atoms with Gasteiger partial charge in [-0.2, -0.15) is 4.68 Å². The average Bonchev–Trinajstić information content (AvgIpc) is 2.78. The smallest absolute Gasteiger partial charge is 0.358 e. The second-order valence-corrected chi connectivity index (χ2v) is 3.32. The van der Waals surface area contributed by atoms with Crippen LogP contribution < -0.4 is 11.3 Å². The van der Waals surface area contributed by atoms with E-state index in [4.69, 9.17) is 5.84 Å². The molecule has 0 fully saturated rings. The zero-order chi connectivity index (χ0) is 12.3. The van der Waals surface area contributed by atoms with Crippen LogP contribution >= 0.6 is 0 Å². The molecule has 0 aliphatic rings. The molecule has 88 valence electrons. The van der Waals surface area contributed by atoms with Crippen LogP contribution in [0.3, 0.4) is 0 Å². The van der Waals surface area contributed by atoms with E-state index in [1.807, 2.05) is 0 Å². The van der Waals surface area contributed by atoms with Gasteiger partial charge in [0.1, 0.15) is 5.82 Å². The molecule has 0 aliphatic carbocycles. The first-order chi connectivity index (χ1) is 8.19. The summed E-state index contributed by atoms with van der Waals surface area (Å²) < 4.78 is 1.48. The molecule has 0 saturated carbocycles. The minimum atomic E-state index is -0.532. The molecule has 2 rings (SSSR count). The van der Waals surface area contributed by atoms with Crippen LogP contribution in [0.4, 0.5) is 11.6 Å². The molecule has 17 heavy (non-hydrogen) atoms. The van der Waals surface area contributed by atoms with Crippen LogP contribution in [0.15, 0.2) is 30.6 Å². The minimum absolute atomic E-state index is 0.170. The zero-order valence-corrected chi connectivity index (χ0v) is 8.78. The molecule has 2 aromatic rings. The van der Waals surface area contributed by atoms with Gasteiger partial charge in [0.25, 0.3) is 0 Å². The van der Waals surface area contributed by atoms with Crippen molar-refractivity contribution < 1.29 is 4.92 Å². The lowest BCUT2D eigenvalue weighted by molar-refractivity contribution is -0.389. The fourth-order valence-corrected chi connectivity index (χ4v) is 1.38. The van der Waals surface area contributed by atoms with Crippen molar-refractivity contribution in [2.45, 2.75) is 6.54 Å². The molecule has 0 saturated heterocycles. The molecular formula is C9H10N6O2. The number of pyridine rings is 1. The van der Waals surface area contributed by atoms with Crippen molar-refractivity contribution in [3.05, 3.63) is 46.3 Å². The molecule has 0 atom stereocenters. The zero-order valence-electron chi connectivity index (χ0n) is 8.78. The lowest BCUT2D eigenvalue weighted by atomic mass is 10.2. The summed E-state index contributed by atoms with van der Waals surface area (Å²) in [5, 5.41) is 14.3. The fourth-order valence-electron chi connectivity index (χ4n) is 1.38. The number of hydrogen-bond donors (Lipinski definition) is 2. The maximum absolute atomic E-state index is 10.5. The van der Waals surface area contributed by atoms with Gasteiger partial charge in [0, 0.05) is 6.20 Å². The maximum Gasteiger partial charge on any atom is 0.389 e. The molecule has 8 heteroatoms. The number of nitrogens with one attached hydrogen (secondary N) is 1. The molecule has 0 aliphatic heterocycles. The number of hydrogen-bond acceptors (Lipinski definition) is 6. The van der Waals surface area contributed by atoms with Crippen LogP contribution in [0, 0.1) is 10.1 Å². The normalized spacial score (nSPS) is 10.2. The van der Waals surface area contributed by atoms with Crippen molar-refractivity contribution in [1.29, 1.82) is 0 Å². The summed E-state index contributed by atoms with van der Waals surface area (Å²) in [5.74, 6) is 5.59. The van der Waals surface area contributed by atoms with E-state index in [-0.39, 0.29) is 5.82 Å². The molecule has 0 spiro atoms. The Kier molecular flexibility index (Phi) is 2.97. The first-order valence-electron chi connectivity index (χ1n) is 4.78. The van der Waals surface area contributed by atoms with E-state index >= 15 is 0 Å². The largest absolute Gasteiger partial charge is 0.389 e. The Morgan fingerprint density at radius 2 is 2.35 bits per heavy atom. The number of rotatable bonds is 4. The fraction of sp³-hybridized carbons (Fsp3) is 0.111. The standard InChI is InChI=1S/C9H10N6O2/c10-12-8-5-7(1-3-11-8)6-14-4-2-9(13-14)15(16)17/h1-5H,6,10H2,(H,11,12). The predicted molar refractivity (Wildman–Crippen MR) is 60.0 cm³/mol. The van der Waals surface area contributed by atoms with Gasteiger partial charge in [-0.25, -0.2) is 10.8 Å². The molecule has 2 aromatic heterocycles. The number of nitrogens with zero attached hydrogens (tertiary/aromatic N) is 4. The highest BCUT2D eigenvalue weighted by Gasteiger charge is 2.10. The number of nitrogen functional groups attached to an aromatic ring is 1. The quantitative estimate of drug-likeness (QED) is 0.453. The number of nitrogens with two attached hydrogens (primary N) is 1. The van der Waals surface area contributed by atoms with Gasteiger partial charge in [0.05, 0.1) is 23.9 Å². The highest BCUT2D eigenvalue weighted by atomic mass is 16.6. The first-order valence-corrected chi connectivity index (χ1v) is 4.78. The predicted octanol–water partition coefficient (Wildman–Crippen LogP) is 0.520. The first kappa shape index (κ1) is 11.0. The lowest BCUT2D eigenvalue weighted by Gasteiger charge is -2.01. The molecule has 0 radical (unpaired) electrons. The van der Waals surface area contributed by atoms with Crippen molar-refractivity contribution >= 4 is 11.6 Å². The number of nitro groups is 1. The number of hydrazine groups is 1. The van der Waals surface area contributed by atoms with Gasteiger partial charge >= 0.3 is 5.82 Å². The Morgan fingerprint density at radius 1 is 1.53 bits per heavy atom. The Morgan fingerprint density at radius 3 is 3.00 bits per heavy atom. The van der Waals surface area contributed by atoms with Crippen molar-refractivity contribution in [2.24, 2.45) is 5.84 Å². The van der Waals surface area contributed by atoms with E-state index in [1.165, 1.54) is 10.7 Å². The second-order valence-electron chi connectivity index (χ2n) is 3.32. The van der Waals surface area contributed by atoms with E-state index in [2.05, 4.69) is 15.5 Å². The van der Waals surface area contributed by atoms with E-state index in [0.29, 0.717) is 12.4 Å². The summed E-state index contributed by atoms with van der Waals surface area (Å²) >= 11 is 0. The molecule has 0 unspecified atom stereocenters. The van der Waals surface area contributed by atoms with Gasteiger partial charge in [0.2, 0.25) is 0 Å². The van der Waals surface area contributed by atoms with Crippen molar-refractivity contribution in [3.63, 3.8) is 0 Å². The Hall–Kier alpha value is -2.48. The van der Waals surface area contributed by atoms with Crippen LogP contribution in [0.25, 0.3) is 0 Å². The maximum atomic E-state index is 10.5. The van der Waals surface area contributed by atoms with E-state index in [0.717, 1.165) is 5.56 Å². The third-order valence-electron chi connectivity index (χ3n) is 2.13. The second kappa shape index (κ2) is 4.58. The van der Waals surface area contributed by atoms with Crippen LogP contribution in [0.1, 0.15) is 5.56 Å². The number of anilines is 1. The van der Waals surface area contributed by atoms with Gasteiger partial charge in [-0.1, -0.05) is 0 Å². The van der Waals surface area contributed by atoms with Crippen LogP contribution in [0.5, 0.6) is 0 Å². The molecular weight excluding hydrogens is 224 g/mol. The summed E-state index contributed by atoms with van der Waals surface area (Å²) in [4.78, 5) is 13.9. The van der Waals surface area contributed by atoms with Gasteiger partial charge < -0.3 is 15.5 Å². The average molecular weight is 234 g/mol. The van der Waals surface area contributed by atoms with Gasteiger partial charge in [-0.05, 0) is 22.6 Å². The summed E-state index contributed by atoms with van der Waals surface area (Å²) in [6.45, 7) is 0.422. The highest BCUT2D eigenvalue weighted by Crippen LogP contribution is 2.10. The van der Waals surface area contributed by atoms with Crippen LogP contribution in [-0.2, 0) is 6.54 Å². The van der Waals surface area contributed by atoms with Crippen molar-refractivity contribution in [3.8, 4) is 0 Å². The van der Waals surface area contributed by atoms with Gasteiger partial charge in [-0.15, -0.1) is 0 Å². The monoisotopic (exact) mass is 234 g/mol. The topological polar surface area (TPSA) is 112 Å². The van der Waals surface area contributed by atoms with E-state index in [9.17, 15) is 10.1 Å². The molecule has 3 N–H and O–H groups in total. The summed E-state index contributed by atoms with van der Waals surface area (Å²) in [7, 11) is 0. The number of aromatic nitrogens is 3. The van der Waals surface area contributed by atoms with Gasteiger partial charge in [0.15, 0.2) is 0 Å². The molecule has 0 bridgehead atoms. The van der Waals surface area contributed by atoms with Crippen molar-refractivity contribution in [1.82, 2.24) is 14.8 Å². The molecule has 2 heterocycles. The minimum Gasteiger partial charge on any atom is -0.358 e. The third kappa shape index (κ3) is 2.55. The Balaban J connectivity index is 2.16. The SMILES string of the molecule is NNc1cc(Cn2ccc([N+](=O)[O-])n2)ccn1. The summed E-state index contributed by atoms with van der Waals surface area (Å²) in [5.41, 5.74) is 3.32. The van der Waals surface area contributed by atoms with Crippen LogP contribution in [-0.4, -0.2) is 19.7 Å². The molecule has 0 amide bonds. The van der Waals surface area contributed by atoms with E-state index < -0.39 is 4.92 Å². The Labute approximate surface area is 96.2 Å². The van der Waals surface area contributed by atoms with Gasteiger partial charge in [-0.3, -0.25) is 0 Å². The third-order valence-corrected chi connectivity index (χ3v) is 2.13.